The third kappa shape index (κ3) is 8.71. The molecule has 0 radical (unpaired) electrons. The first-order valence-corrected chi connectivity index (χ1v) is 23.7. The van der Waals surface area contributed by atoms with Crippen molar-refractivity contribution in [1.29, 1.82) is 0 Å². The largest absolute Gasteiger partial charge is 0.394 e. The average molecular weight is 905 g/mol. The molecule has 63 heavy (non-hydrogen) atoms. The third-order valence-electron chi connectivity index (χ3n) is 17.9. The summed E-state index contributed by atoms with van der Waals surface area (Å²) in [6.45, 7) is 9.82. The molecule has 27 unspecified atom stereocenters. The van der Waals surface area contributed by atoms with E-state index < -0.39 is 105 Å². The fourth-order valence-corrected chi connectivity index (χ4v) is 14.0. The summed E-state index contributed by atoms with van der Waals surface area (Å²) in [7, 11) is 0. The van der Waals surface area contributed by atoms with Crippen molar-refractivity contribution >= 4 is 0 Å². The van der Waals surface area contributed by atoms with Crippen LogP contribution >= 0.6 is 0 Å². The molecule has 18 heteroatoms. The summed E-state index contributed by atoms with van der Waals surface area (Å²) in [6, 6.07) is 0. The summed E-state index contributed by atoms with van der Waals surface area (Å²) in [5.74, 6) is 0.753. The summed E-state index contributed by atoms with van der Waals surface area (Å²) in [4.78, 5) is 0. The summed E-state index contributed by atoms with van der Waals surface area (Å²) in [5, 5.41) is 115. The van der Waals surface area contributed by atoms with Crippen LogP contribution in [0.15, 0.2) is 0 Å². The van der Waals surface area contributed by atoms with Gasteiger partial charge >= 0.3 is 0 Å². The van der Waals surface area contributed by atoms with Gasteiger partial charge in [0.05, 0.1) is 38.1 Å². The number of aliphatic hydroxyl groups excluding tert-OH is 10. The molecule has 8 rings (SSSR count). The number of hydrogen-bond acceptors (Lipinski definition) is 18. The quantitative estimate of drug-likeness (QED) is 0.107. The van der Waals surface area contributed by atoms with Gasteiger partial charge in [0.25, 0.3) is 0 Å². The zero-order chi connectivity index (χ0) is 45.5. The molecule has 364 valence electrons. The van der Waals surface area contributed by atoms with Crippen LogP contribution in [-0.2, 0) is 33.2 Å². The highest BCUT2D eigenvalue weighted by atomic mass is 16.7. The molecular formula is C45H76O18. The minimum atomic E-state index is -1.58. The van der Waals surface area contributed by atoms with Crippen LogP contribution in [0.5, 0.6) is 0 Å². The molecule has 4 saturated heterocycles. The molecule has 11 N–H and O–H groups in total. The predicted molar refractivity (Wildman–Crippen MR) is 218 cm³/mol. The fraction of sp³-hybridized carbons (Fsp3) is 1.00. The van der Waals surface area contributed by atoms with Crippen LogP contribution in [0.4, 0.5) is 0 Å². The molecule has 0 spiro atoms. The van der Waals surface area contributed by atoms with Crippen molar-refractivity contribution in [1.82, 2.24) is 0 Å². The molecule has 8 aliphatic rings. The standard InChI is InChI=1S/C45H76O18/c1-19(17-57-41-38(54)35(51)32(48)28(16-46)61-41)8-13-45(56)20(2)30-27(63-45)15-26-24-7-6-22-14-23(9-11-43(22,4)25(24)10-12-44(26,30)5)60-42-39(55)36(52)33(49)29(62-42)18-58-40-37(53)34(50)31(47)21(3)59-40/h19-42,46-56H,6-18H2,1-5H3. The van der Waals surface area contributed by atoms with Gasteiger partial charge in [-0.3, -0.25) is 0 Å². The van der Waals surface area contributed by atoms with Crippen molar-refractivity contribution in [3.8, 4) is 0 Å². The Labute approximate surface area is 369 Å². The zero-order valence-electron chi connectivity index (χ0n) is 37.3. The van der Waals surface area contributed by atoms with Gasteiger partial charge in [0, 0.05) is 12.3 Å². The number of aliphatic hydroxyl groups is 11. The zero-order valence-corrected chi connectivity index (χ0v) is 37.3. The Morgan fingerprint density at radius 1 is 0.651 bits per heavy atom. The first-order valence-electron chi connectivity index (χ1n) is 23.7. The van der Waals surface area contributed by atoms with Gasteiger partial charge in [-0.15, -0.1) is 0 Å². The number of rotatable bonds is 12. The van der Waals surface area contributed by atoms with Crippen molar-refractivity contribution < 1.29 is 89.3 Å². The Morgan fingerprint density at radius 3 is 1.97 bits per heavy atom. The molecule has 4 aliphatic heterocycles. The molecule has 4 saturated carbocycles. The lowest BCUT2D eigenvalue weighted by atomic mass is 9.44. The second-order valence-corrected chi connectivity index (χ2v) is 21.5. The van der Waals surface area contributed by atoms with Gasteiger partial charge in [0.2, 0.25) is 0 Å². The molecule has 4 heterocycles. The van der Waals surface area contributed by atoms with Crippen molar-refractivity contribution in [2.45, 2.75) is 209 Å². The lowest BCUT2D eigenvalue weighted by Gasteiger charge is -2.61. The van der Waals surface area contributed by atoms with Crippen LogP contribution in [0, 0.1) is 52.3 Å². The maximum atomic E-state index is 12.0. The molecule has 0 amide bonds. The number of ether oxygens (including phenoxy) is 7. The molecule has 18 nitrogen and oxygen atoms in total. The van der Waals surface area contributed by atoms with E-state index in [4.69, 9.17) is 33.2 Å². The summed E-state index contributed by atoms with van der Waals surface area (Å²) < 4.78 is 41.5. The Kier molecular flexibility index (Phi) is 14.4. The molecule has 0 aromatic heterocycles. The molecular weight excluding hydrogens is 828 g/mol. The second kappa shape index (κ2) is 18.6. The van der Waals surface area contributed by atoms with Gasteiger partial charge in [-0.1, -0.05) is 27.7 Å². The van der Waals surface area contributed by atoms with Gasteiger partial charge in [0.1, 0.15) is 67.1 Å². The van der Waals surface area contributed by atoms with Gasteiger partial charge < -0.3 is 89.3 Å². The van der Waals surface area contributed by atoms with E-state index in [1.54, 1.807) is 0 Å². The van der Waals surface area contributed by atoms with E-state index in [0.29, 0.717) is 36.5 Å². The first-order chi connectivity index (χ1) is 29.7. The highest BCUT2D eigenvalue weighted by Gasteiger charge is 2.68. The predicted octanol–water partition coefficient (Wildman–Crippen LogP) is -0.752. The summed E-state index contributed by atoms with van der Waals surface area (Å²) in [6.07, 6.45) is -11.7. The topological polar surface area (TPSA) is 287 Å². The van der Waals surface area contributed by atoms with Gasteiger partial charge in [-0.05, 0) is 111 Å². The lowest BCUT2D eigenvalue weighted by Crippen LogP contribution is -2.61. The maximum Gasteiger partial charge on any atom is 0.186 e. The number of fused-ring (bicyclic) bond motifs is 7. The van der Waals surface area contributed by atoms with Crippen molar-refractivity contribution in [2.24, 2.45) is 52.3 Å². The van der Waals surface area contributed by atoms with E-state index in [1.807, 2.05) is 6.92 Å². The molecule has 0 bridgehead atoms. The average Bonchev–Trinajstić information content (AvgIpc) is 3.70. The van der Waals surface area contributed by atoms with Gasteiger partial charge in [-0.2, -0.15) is 0 Å². The Balaban J connectivity index is 0.834. The maximum absolute atomic E-state index is 12.0. The van der Waals surface area contributed by atoms with Crippen molar-refractivity contribution in [3.63, 3.8) is 0 Å². The van der Waals surface area contributed by atoms with Crippen LogP contribution in [0.25, 0.3) is 0 Å². The third-order valence-corrected chi connectivity index (χ3v) is 17.9. The highest BCUT2D eigenvalue weighted by molar-refractivity contribution is 5.15. The molecule has 0 aromatic carbocycles. The lowest BCUT2D eigenvalue weighted by molar-refractivity contribution is -0.336. The Hall–Kier alpha value is -0.720. The number of hydrogen-bond donors (Lipinski definition) is 11. The van der Waals surface area contributed by atoms with E-state index in [-0.39, 0.29) is 54.0 Å². The van der Waals surface area contributed by atoms with Crippen LogP contribution in [0.1, 0.15) is 98.8 Å². The van der Waals surface area contributed by atoms with Crippen LogP contribution < -0.4 is 0 Å². The minimum Gasteiger partial charge on any atom is -0.394 e. The van der Waals surface area contributed by atoms with E-state index in [2.05, 4.69) is 20.8 Å². The molecule has 27 atom stereocenters. The highest BCUT2D eigenvalue weighted by Crippen LogP contribution is 2.71. The molecule has 8 fully saturated rings. The second-order valence-electron chi connectivity index (χ2n) is 21.5. The van der Waals surface area contributed by atoms with Crippen molar-refractivity contribution in [2.75, 3.05) is 19.8 Å². The van der Waals surface area contributed by atoms with Crippen LogP contribution in [0.2, 0.25) is 0 Å². The smallest absolute Gasteiger partial charge is 0.186 e. The van der Waals surface area contributed by atoms with Gasteiger partial charge in [0.15, 0.2) is 24.7 Å². The minimum absolute atomic E-state index is 0.0255. The van der Waals surface area contributed by atoms with Crippen LogP contribution in [0.3, 0.4) is 0 Å². The van der Waals surface area contributed by atoms with Crippen molar-refractivity contribution in [3.05, 3.63) is 0 Å². The van der Waals surface area contributed by atoms with Gasteiger partial charge in [-0.25, -0.2) is 0 Å². The Morgan fingerprint density at radius 2 is 1.27 bits per heavy atom. The van der Waals surface area contributed by atoms with Crippen LogP contribution in [-0.4, -0.2) is 186 Å². The summed E-state index contributed by atoms with van der Waals surface area (Å²) >= 11 is 0. The fourth-order valence-electron chi connectivity index (χ4n) is 14.0. The first kappa shape index (κ1) is 48.7. The van der Waals surface area contributed by atoms with E-state index in [9.17, 15) is 56.2 Å². The van der Waals surface area contributed by atoms with E-state index in [1.165, 1.54) is 6.92 Å². The van der Waals surface area contributed by atoms with E-state index >= 15 is 0 Å². The SMILES string of the molecule is CC(CCC1(O)OC2CC3C4CCC5CC(OC6OC(COC7OC(C)C(O)C(O)C7O)C(O)C(O)C6O)CCC5(C)C4CCC3(C)C2C1C)COC1OC(CO)C(O)C(O)C1O. The van der Waals surface area contributed by atoms with E-state index in [0.717, 1.165) is 51.4 Å². The molecule has 0 aromatic rings. The molecule has 4 aliphatic carbocycles. The Bertz CT molecular complexity index is 1540. The summed E-state index contributed by atoms with van der Waals surface area (Å²) in [5.41, 5.74) is 0.120. The monoisotopic (exact) mass is 905 g/mol. The normalized spacial score (nSPS) is 56.3.